The topological polar surface area (TPSA) is 155 Å². The summed E-state index contributed by atoms with van der Waals surface area (Å²) >= 11 is 0. The summed E-state index contributed by atoms with van der Waals surface area (Å²) in [6.45, 7) is 3.12. The van der Waals surface area contributed by atoms with E-state index >= 15 is 4.39 Å². The summed E-state index contributed by atoms with van der Waals surface area (Å²) in [4.78, 5) is 29.9. The fourth-order valence-electron chi connectivity index (χ4n) is 3.81. The number of hydrogen-bond acceptors (Lipinski definition) is 7. The van der Waals surface area contributed by atoms with Gasteiger partial charge in [0, 0.05) is 41.9 Å². The molecule has 0 aliphatic heterocycles. The number of carbonyl (C=O) groups is 1. The van der Waals surface area contributed by atoms with Crippen LogP contribution in [0.15, 0.2) is 71.8 Å². The third-order valence-corrected chi connectivity index (χ3v) is 5.77. The normalized spacial score (nSPS) is 11.5. The number of nitrogens with zero attached hydrogens (tertiary/aromatic N) is 2. The van der Waals surface area contributed by atoms with Crippen LogP contribution in [0.2, 0.25) is 0 Å². The first-order valence-corrected chi connectivity index (χ1v) is 12.1. The van der Waals surface area contributed by atoms with Crippen LogP contribution in [0.1, 0.15) is 28.4 Å². The highest BCUT2D eigenvalue weighted by atomic mass is 19.1. The number of pyridine rings is 2. The van der Waals surface area contributed by atoms with Gasteiger partial charge in [0.25, 0.3) is 11.5 Å². The number of halogens is 2. The van der Waals surface area contributed by atoms with E-state index in [0.29, 0.717) is 11.3 Å². The molecule has 12 heteroatoms. The molecule has 206 valence electrons. The SMILES string of the molecule is Cc1cc(C(=O)Nc2ccc(Oc3ccnc(N)c3C(=N)N[C@H](C)CO)c(F)c2)c(=O)n(-c2ccc(F)cc2)c1. The quantitative estimate of drug-likeness (QED) is 0.166. The monoisotopic (exact) mass is 548 g/mol. The molecule has 2 heterocycles. The lowest BCUT2D eigenvalue weighted by molar-refractivity contribution is 0.102. The second-order valence-corrected chi connectivity index (χ2v) is 8.96. The summed E-state index contributed by atoms with van der Waals surface area (Å²) in [6.07, 6.45) is 2.86. The van der Waals surface area contributed by atoms with E-state index in [0.717, 1.165) is 6.07 Å². The molecule has 0 aliphatic rings. The van der Waals surface area contributed by atoms with Crippen molar-refractivity contribution in [3.8, 4) is 17.2 Å². The van der Waals surface area contributed by atoms with Crippen LogP contribution in [-0.4, -0.2) is 39.0 Å². The maximum Gasteiger partial charge on any atom is 0.267 e. The Hall–Kier alpha value is -5.10. The number of nitrogen functional groups attached to an aromatic ring is 1. The van der Waals surface area contributed by atoms with Crippen molar-refractivity contribution in [2.24, 2.45) is 0 Å². The molecule has 6 N–H and O–H groups in total. The smallest absolute Gasteiger partial charge is 0.267 e. The minimum atomic E-state index is -0.838. The molecule has 0 bridgehead atoms. The standard InChI is InChI=1S/C28H26F2N6O4/c1-15-11-20(28(39)36(13-15)19-6-3-17(29)4-7-19)27(38)35-18-5-8-22(21(30)12-18)40-23-9-10-33-25(31)24(23)26(32)34-16(2)14-37/h3-13,16,37H,14H2,1-2H3,(H2,31,33)(H2,32,34)(H,35,38)/t16-/m1/s1. The van der Waals surface area contributed by atoms with Gasteiger partial charge >= 0.3 is 0 Å². The third-order valence-electron chi connectivity index (χ3n) is 5.77. The van der Waals surface area contributed by atoms with Gasteiger partial charge in [-0.15, -0.1) is 0 Å². The molecule has 4 aromatic rings. The minimum absolute atomic E-state index is 0.0334. The number of nitrogens with one attached hydrogen (secondary N) is 3. The van der Waals surface area contributed by atoms with Crippen LogP contribution in [0.4, 0.5) is 20.3 Å². The van der Waals surface area contributed by atoms with Crippen molar-refractivity contribution in [1.82, 2.24) is 14.9 Å². The van der Waals surface area contributed by atoms with Crippen LogP contribution in [0, 0.1) is 24.0 Å². The Morgan fingerprint density at radius 1 is 1.15 bits per heavy atom. The Bertz CT molecular complexity index is 1640. The lowest BCUT2D eigenvalue weighted by Gasteiger charge is -2.18. The van der Waals surface area contributed by atoms with Crippen molar-refractivity contribution < 1.29 is 23.4 Å². The first-order chi connectivity index (χ1) is 19.1. The first-order valence-electron chi connectivity index (χ1n) is 12.1. The van der Waals surface area contributed by atoms with Gasteiger partial charge in [-0.05, 0) is 61.9 Å². The van der Waals surface area contributed by atoms with Crippen molar-refractivity contribution >= 4 is 23.2 Å². The van der Waals surface area contributed by atoms with Gasteiger partial charge in [-0.3, -0.25) is 19.6 Å². The fraction of sp³-hybridized carbons (Fsp3) is 0.143. The number of benzene rings is 2. The number of amides is 1. The van der Waals surface area contributed by atoms with Crippen LogP contribution in [0.5, 0.6) is 11.5 Å². The molecule has 1 amide bonds. The largest absolute Gasteiger partial charge is 0.453 e. The summed E-state index contributed by atoms with van der Waals surface area (Å²) < 4.78 is 35.3. The Morgan fingerprint density at radius 2 is 1.88 bits per heavy atom. The molecule has 2 aromatic carbocycles. The molecule has 40 heavy (non-hydrogen) atoms. The summed E-state index contributed by atoms with van der Waals surface area (Å²) in [5, 5.41) is 22.8. The van der Waals surface area contributed by atoms with Gasteiger partial charge < -0.3 is 26.2 Å². The second-order valence-electron chi connectivity index (χ2n) is 8.96. The summed E-state index contributed by atoms with van der Waals surface area (Å²) in [7, 11) is 0. The van der Waals surface area contributed by atoms with Crippen LogP contribution in [0.3, 0.4) is 0 Å². The summed E-state index contributed by atoms with van der Waals surface area (Å²) in [5.41, 5.74) is 6.22. The van der Waals surface area contributed by atoms with E-state index in [1.807, 2.05) is 0 Å². The number of aromatic nitrogens is 2. The zero-order chi connectivity index (χ0) is 29.0. The average Bonchev–Trinajstić information content (AvgIpc) is 2.91. The predicted octanol–water partition coefficient (Wildman–Crippen LogP) is 3.74. The number of anilines is 2. The van der Waals surface area contributed by atoms with E-state index in [2.05, 4.69) is 15.6 Å². The van der Waals surface area contributed by atoms with Crippen molar-refractivity contribution in [2.45, 2.75) is 19.9 Å². The first kappa shape index (κ1) is 27.9. The number of nitrogens with two attached hydrogens (primary N) is 1. The molecule has 0 saturated heterocycles. The van der Waals surface area contributed by atoms with E-state index < -0.39 is 29.1 Å². The Morgan fingerprint density at radius 3 is 2.55 bits per heavy atom. The van der Waals surface area contributed by atoms with E-state index in [9.17, 15) is 19.1 Å². The van der Waals surface area contributed by atoms with E-state index in [-0.39, 0.29) is 46.6 Å². The predicted molar refractivity (Wildman–Crippen MR) is 146 cm³/mol. The van der Waals surface area contributed by atoms with Crippen molar-refractivity contribution in [3.63, 3.8) is 0 Å². The highest BCUT2D eigenvalue weighted by molar-refractivity contribution is 6.04. The van der Waals surface area contributed by atoms with Gasteiger partial charge in [0.15, 0.2) is 11.6 Å². The summed E-state index contributed by atoms with van der Waals surface area (Å²) in [5.74, 6) is -2.44. The third kappa shape index (κ3) is 6.13. The zero-order valence-electron chi connectivity index (χ0n) is 21.5. The molecule has 0 radical (unpaired) electrons. The van der Waals surface area contributed by atoms with Gasteiger partial charge in [-0.25, -0.2) is 13.8 Å². The molecule has 0 fully saturated rings. The molecular formula is C28H26F2N6O4. The van der Waals surface area contributed by atoms with Crippen LogP contribution < -0.4 is 26.7 Å². The van der Waals surface area contributed by atoms with Crippen molar-refractivity contribution in [3.05, 3.63) is 106 Å². The highest BCUT2D eigenvalue weighted by Gasteiger charge is 2.19. The number of carbonyl (C=O) groups excluding carboxylic acids is 1. The van der Waals surface area contributed by atoms with E-state index in [1.54, 1.807) is 13.8 Å². The van der Waals surface area contributed by atoms with Gasteiger partial charge in [0.1, 0.15) is 34.3 Å². The van der Waals surface area contributed by atoms with Crippen molar-refractivity contribution in [2.75, 3.05) is 17.7 Å². The van der Waals surface area contributed by atoms with E-state index in [4.69, 9.17) is 15.9 Å². The van der Waals surface area contributed by atoms with Gasteiger partial charge in [-0.1, -0.05) is 0 Å². The molecule has 0 saturated carbocycles. The number of aliphatic hydroxyl groups is 1. The number of hydrogen-bond donors (Lipinski definition) is 5. The number of amidine groups is 1. The fourth-order valence-corrected chi connectivity index (χ4v) is 3.81. The molecule has 0 unspecified atom stereocenters. The number of rotatable bonds is 8. The van der Waals surface area contributed by atoms with Crippen LogP contribution in [-0.2, 0) is 0 Å². The maximum absolute atomic E-state index is 15.0. The molecular weight excluding hydrogens is 522 g/mol. The van der Waals surface area contributed by atoms with Gasteiger partial charge in [0.2, 0.25) is 0 Å². The molecule has 4 rings (SSSR count). The van der Waals surface area contributed by atoms with E-state index in [1.165, 1.54) is 65.5 Å². The number of aryl methyl sites for hydroxylation is 1. The van der Waals surface area contributed by atoms with Crippen LogP contribution in [0.25, 0.3) is 5.69 Å². The van der Waals surface area contributed by atoms with Crippen LogP contribution >= 0.6 is 0 Å². The second kappa shape index (κ2) is 11.7. The summed E-state index contributed by atoms with van der Waals surface area (Å²) in [6, 6.07) is 11.3. The molecule has 0 aliphatic carbocycles. The van der Waals surface area contributed by atoms with Gasteiger partial charge in [0.05, 0.1) is 6.61 Å². The lowest BCUT2D eigenvalue weighted by Crippen LogP contribution is -2.35. The number of aliphatic hydroxyl groups excluding tert-OH is 1. The molecule has 1 atom stereocenters. The molecule has 0 spiro atoms. The molecule has 10 nitrogen and oxygen atoms in total. The Kier molecular flexibility index (Phi) is 8.20. The van der Waals surface area contributed by atoms with Gasteiger partial charge in [-0.2, -0.15) is 0 Å². The lowest BCUT2D eigenvalue weighted by atomic mass is 10.1. The number of ether oxygens (including phenoxy) is 1. The average molecular weight is 549 g/mol. The minimum Gasteiger partial charge on any atom is -0.453 e. The van der Waals surface area contributed by atoms with Crippen molar-refractivity contribution in [1.29, 1.82) is 5.41 Å². The molecule has 2 aromatic heterocycles. The highest BCUT2D eigenvalue weighted by Crippen LogP contribution is 2.31. The maximum atomic E-state index is 15.0. The zero-order valence-corrected chi connectivity index (χ0v) is 21.5. The Labute approximate surface area is 227 Å². The Balaban J connectivity index is 1.57.